The van der Waals surface area contributed by atoms with Crippen LogP contribution in [-0.4, -0.2) is 31.0 Å². The smallest absolute Gasteiger partial charge is 0.106 e. The van der Waals surface area contributed by atoms with E-state index in [-0.39, 0.29) is 12.5 Å². The lowest BCUT2D eigenvalue weighted by molar-refractivity contribution is 0.140. The molecule has 0 aromatic rings. The maximum Gasteiger partial charge on any atom is 0.106 e. The summed E-state index contributed by atoms with van der Waals surface area (Å²) >= 11 is 0. The standard InChI is InChI=1S/C7H14FNO/c8-7-2-1-3-9-4-6(7)5-10/h6-7,9-10H,1-5H2. The molecule has 0 aromatic heterocycles. The second kappa shape index (κ2) is 3.88. The van der Waals surface area contributed by atoms with Crippen LogP contribution in [0.3, 0.4) is 0 Å². The first kappa shape index (κ1) is 7.95. The predicted molar refractivity (Wildman–Crippen MR) is 37.6 cm³/mol. The summed E-state index contributed by atoms with van der Waals surface area (Å²) in [5, 5.41) is 11.8. The molecule has 2 nitrogen and oxygen atoms in total. The molecule has 0 spiro atoms. The van der Waals surface area contributed by atoms with Crippen molar-refractivity contribution < 1.29 is 9.50 Å². The first-order chi connectivity index (χ1) is 4.84. The maximum absolute atomic E-state index is 12.9. The fraction of sp³-hybridized carbons (Fsp3) is 1.00. The van der Waals surface area contributed by atoms with Crippen LogP contribution in [0.2, 0.25) is 0 Å². The molecule has 1 heterocycles. The van der Waals surface area contributed by atoms with Gasteiger partial charge in [0, 0.05) is 19.1 Å². The Morgan fingerprint density at radius 2 is 2.40 bits per heavy atom. The second-order valence-corrected chi connectivity index (χ2v) is 2.81. The summed E-state index contributed by atoms with van der Waals surface area (Å²) < 4.78 is 12.9. The van der Waals surface area contributed by atoms with E-state index in [1.54, 1.807) is 0 Å². The van der Waals surface area contributed by atoms with E-state index in [1.165, 1.54) is 0 Å². The quantitative estimate of drug-likeness (QED) is 0.559. The summed E-state index contributed by atoms with van der Waals surface area (Å²) in [5.41, 5.74) is 0. The van der Waals surface area contributed by atoms with Crippen LogP contribution in [0.4, 0.5) is 4.39 Å². The summed E-state index contributed by atoms with van der Waals surface area (Å²) in [6.45, 7) is 1.47. The summed E-state index contributed by atoms with van der Waals surface area (Å²) in [4.78, 5) is 0. The predicted octanol–water partition coefficient (Wildman–Crippen LogP) is 0.316. The molecule has 3 heteroatoms. The largest absolute Gasteiger partial charge is 0.396 e. The molecule has 0 bridgehead atoms. The van der Waals surface area contributed by atoms with Crippen molar-refractivity contribution in [3.63, 3.8) is 0 Å². The molecule has 60 valence electrons. The molecule has 0 aliphatic carbocycles. The fourth-order valence-corrected chi connectivity index (χ4v) is 1.25. The summed E-state index contributed by atoms with van der Waals surface area (Å²) in [6, 6.07) is 0. The number of nitrogens with one attached hydrogen (secondary N) is 1. The van der Waals surface area contributed by atoms with Gasteiger partial charge < -0.3 is 10.4 Å². The van der Waals surface area contributed by atoms with Crippen LogP contribution >= 0.6 is 0 Å². The Hall–Kier alpha value is -0.150. The van der Waals surface area contributed by atoms with E-state index in [1.807, 2.05) is 0 Å². The van der Waals surface area contributed by atoms with Gasteiger partial charge in [-0.05, 0) is 19.4 Å². The van der Waals surface area contributed by atoms with Crippen molar-refractivity contribution in [3.8, 4) is 0 Å². The number of aliphatic hydroxyl groups is 1. The Morgan fingerprint density at radius 3 is 3.10 bits per heavy atom. The number of alkyl halides is 1. The van der Waals surface area contributed by atoms with Gasteiger partial charge in [-0.1, -0.05) is 0 Å². The van der Waals surface area contributed by atoms with Gasteiger partial charge >= 0.3 is 0 Å². The van der Waals surface area contributed by atoms with Crippen molar-refractivity contribution >= 4 is 0 Å². The van der Waals surface area contributed by atoms with Crippen molar-refractivity contribution in [2.45, 2.75) is 19.0 Å². The SMILES string of the molecule is OCC1CNCCCC1F. The van der Waals surface area contributed by atoms with E-state index < -0.39 is 6.17 Å². The summed E-state index contributed by atoms with van der Waals surface area (Å²) in [6.07, 6.45) is 0.676. The lowest BCUT2D eigenvalue weighted by atomic mass is 10.0. The molecule has 2 unspecified atom stereocenters. The minimum Gasteiger partial charge on any atom is -0.396 e. The van der Waals surface area contributed by atoms with E-state index in [4.69, 9.17) is 5.11 Å². The summed E-state index contributed by atoms with van der Waals surface area (Å²) in [5.74, 6) is -0.178. The number of rotatable bonds is 1. The van der Waals surface area contributed by atoms with Crippen molar-refractivity contribution in [3.05, 3.63) is 0 Å². The van der Waals surface area contributed by atoms with Crippen LogP contribution in [0.15, 0.2) is 0 Å². The molecule has 0 aromatic carbocycles. The Kier molecular flexibility index (Phi) is 3.09. The van der Waals surface area contributed by atoms with Gasteiger partial charge in [0.05, 0.1) is 0 Å². The molecule has 1 rings (SSSR count). The van der Waals surface area contributed by atoms with E-state index in [0.717, 1.165) is 13.0 Å². The van der Waals surface area contributed by atoms with Gasteiger partial charge in [0.1, 0.15) is 6.17 Å². The summed E-state index contributed by atoms with van der Waals surface area (Å²) in [7, 11) is 0. The third kappa shape index (κ3) is 1.92. The molecule has 2 N–H and O–H groups in total. The Morgan fingerprint density at radius 1 is 1.60 bits per heavy atom. The monoisotopic (exact) mass is 147 g/mol. The first-order valence-corrected chi connectivity index (χ1v) is 3.80. The van der Waals surface area contributed by atoms with Crippen LogP contribution in [0.5, 0.6) is 0 Å². The van der Waals surface area contributed by atoms with Crippen molar-refractivity contribution in [2.75, 3.05) is 19.7 Å². The van der Waals surface area contributed by atoms with Crippen molar-refractivity contribution in [1.82, 2.24) is 5.32 Å². The van der Waals surface area contributed by atoms with Gasteiger partial charge in [-0.15, -0.1) is 0 Å². The number of hydrogen-bond acceptors (Lipinski definition) is 2. The molecule has 1 aliphatic rings. The first-order valence-electron chi connectivity index (χ1n) is 3.80. The Balaban J connectivity index is 2.35. The van der Waals surface area contributed by atoms with Gasteiger partial charge in [0.2, 0.25) is 0 Å². The van der Waals surface area contributed by atoms with Gasteiger partial charge in [-0.3, -0.25) is 0 Å². The molecule has 1 saturated heterocycles. The molecule has 1 aliphatic heterocycles. The van der Waals surface area contributed by atoms with Crippen LogP contribution in [-0.2, 0) is 0 Å². The molecule has 1 fully saturated rings. The molecule has 0 saturated carbocycles. The minimum atomic E-state index is -0.806. The van der Waals surface area contributed by atoms with Crippen LogP contribution in [0.1, 0.15) is 12.8 Å². The van der Waals surface area contributed by atoms with E-state index in [9.17, 15) is 4.39 Å². The lowest BCUT2D eigenvalue weighted by Gasteiger charge is -2.14. The van der Waals surface area contributed by atoms with Crippen LogP contribution in [0, 0.1) is 5.92 Å². The molecule has 10 heavy (non-hydrogen) atoms. The topological polar surface area (TPSA) is 32.3 Å². The maximum atomic E-state index is 12.9. The van der Waals surface area contributed by atoms with Crippen LogP contribution in [0.25, 0.3) is 0 Å². The molecule has 2 atom stereocenters. The van der Waals surface area contributed by atoms with E-state index in [0.29, 0.717) is 13.0 Å². The normalized spacial score (nSPS) is 35.4. The molecule has 0 radical (unpaired) electrons. The average molecular weight is 147 g/mol. The molecular weight excluding hydrogens is 133 g/mol. The zero-order valence-corrected chi connectivity index (χ0v) is 6.02. The highest BCUT2D eigenvalue weighted by molar-refractivity contribution is 4.74. The number of aliphatic hydroxyl groups excluding tert-OH is 1. The third-order valence-electron chi connectivity index (χ3n) is 1.99. The highest BCUT2D eigenvalue weighted by atomic mass is 19.1. The molecule has 0 amide bonds. The second-order valence-electron chi connectivity index (χ2n) is 2.81. The average Bonchev–Trinajstić information content (AvgIpc) is 2.13. The zero-order valence-electron chi connectivity index (χ0n) is 6.02. The van der Waals surface area contributed by atoms with Crippen LogP contribution < -0.4 is 5.32 Å². The van der Waals surface area contributed by atoms with Gasteiger partial charge in [0.25, 0.3) is 0 Å². The Labute approximate surface area is 60.4 Å². The highest BCUT2D eigenvalue weighted by Gasteiger charge is 2.21. The third-order valence-corrected chi connectivity index (χ3v) is 1.99. The van der Waals surface area contributed by atoms with Gasteiger partial charge in [-0.2, -0.15) is 0 Å². The van der Waals surface area contributed by atoms with Crippen molar-refractivity contribution in [1.29, 1.82) is 0 Å². The van der Waals surface area contributed by atoms with Gasteiger partial charge in [0.15, 0.2) is 0 Å². The molecular formula is C7H14FNO. The van der Waals surface area contributed by atoms with E-state index >= 15 is 0 Å². The number of hydrogen-bond donors (Lipinski definition) is 2. The zero-order chi connectivity index (χ0) is 7.40. The Bertz CT molecular complexity index is 99.6. The number of halogens is 1. The fourth-order valence-electron chi connectivity index (χ4n) is 1.25. The lowest BCUT2D eigenvalue weighted by Crippen LogP contribution is -2.28. The highest BCUT2D eigenvalue weighted by Crippen LogP contribution is 2.14. The van der Waals surface area contributed by atoms with Crippen molar-refractivity contribution in [2.24, 2.45) is 5.92 Å². The minimum absolute atomic E-state index is 0.0336. The van der Waals surface area contributed by atoms with Gasteiger partial charge in [-0.25, -0.2) is 4.39 Å². The van der Waals surface area contributed by atoms with E-state index in [2.05, 4.69) is 5.32 Å².